The van der Waals surface area contributed by atoms with Crippen LogP contribution in [0.15, 0.2) is 53.3 Å². The van der Waals surface area contributed by atoms with E-state index in [4.69, 9.17) is 0 Å². The van der Waals surface area contributed by atoms with Gasteiger partial charge in [0.15, 0.2) is 5.13 Å². The normalized spacial score (nSPS) is 11.7. The molecule has 0 unspecified atom stereocenters. The van der Waals surface area contributed by atoms with Crippen LogP contribution in [-0.4, -0.2) is 43.1 Å². The summed E-state index contributed by atoms with van der Waals surface area (Å²) in [6, 6.07) is 12.9. The fourth-order valence-corrected chi connectivity index (χ4v) is 5.09. The molecule has 2 amide bonds. The zero-order valence-electron chi connectivity index (χ0n) is 17.4. The zero-order chi connectivity index (χ0) is 23.1. The number of nitrogens with zero attached hydrogens (tertiary/aromatic N) is 2. The molecule has 0 bridgehead atoms. The molecule has 2 aromatic heterocycles. The van der Waals surface area contributed by atoms with Gasteiger partial charge in [-0.1, -0.05) is 30.3 Å². The summed E-state index contributed by atoms with van der Waals surface area (Å²) in [5, 5.41) is 8.66. The number of likely N-dealkylation sites (N-methyl/N-ethyl adjacent to an activating group) is 1. The summed E-state index contributed by atoms with van der Waals surface area (Å²) in [5.41, 5.74) is 1.45. The van der Waals surface area contributed by atoms with Gasteiger partial charge in [0.2, 0.25) is 21.8 Å². The molecule has 0 spiro atoms. The number of nitrogens with one attached hydrogen (secondary N) is 2. The van der Waals surface area contributed by atoms with Crippen LogP contribution in [-0.2, 0) is 26.2 Å². The van der Waals surface area contributed by atoms with Gasteiger partial charge in [0.25, 0.3) is 0 Å². The van der Waals surface area contributed by atoms with Gasteiger partial charge < -0.3 is 10.6 Å². The Morgan fingerprint density at radius 1 is 1.16 bits per heavy atom. The van der Waals surface area contributed by atoms with Gasteiger partial charge in [-0.2, -0.15) is 4.31 Å². The molecule has 0 aliphatic carbocycles. The van der Waals surface area contributed by atoms with Gasteiger partial charge >= 0.3 is 0 Å². The number of rotatable bonds is 9. The summed E-state index contributed by atoms with van der Waals surface area (Å²) in [6.07, 6.45) is 1.48. The summed E-state index contributed by atoms with van der Waals surface area (Å²) < 4.78 is 25.8. The number of carbonyl (C=O) groups excluding carboxylic acids is 2. The van der Waals surface area contributed by atoms with E-state index in [-0.39, 0.29) is 12.5 Å². The van der Waals surface area contributed by atoms with Gasteiger partial charge in [0, 0.05) is 29.6 Å². The second-order valence-corrected chi connectivity index (χ2v) is 10.7. The Balaban J connectivity index is 1.56. The molecule has 0 aliphatic heterocycles. The molecule has 168 valence electrons. The highest BCUT2D eigenvalue weighted by molar-refractivity contribution is 7.92. The Morgan fingerprint density at radius 2 is 1.91 bits per heavy atom. The molecule has 0 saturated heterocycles. The number of aromatic nitrogens is 1. The number of thiophene rings is 1. The first kappa shape index (κ1) is 23.8. The number of thiazole rings is 1. The van der Waals surface area contributed by atoms with E-state index in [1.165, 1.54) is 42.7 Å². The predicted octanol–water partition coefficient (Wildman–Crippen LogP) is 3.38. The van der Waals surface area contributed by atoms with Crippen molar-refractivity contribution in [1.82, 2.24) is 14.6 Å². The monoisotopic (exact) mass is 490 g/mol. The van der Waals surface area contributed by atoms with Crippen molar-refractivity contribution >= 4 is 55.7 Å². The van der Waals surface area contributed by atoms with Crippen molar-refractivity contribution in [3.63, 3.8) is 0 Å². The van der Waals surface area contributed by atoms with Crippen molar-refractivity contribution < 1.29 is 18.0 Å². The molecule has 0 aliphatic rings. The fraction of sp³-hybridized carbons (Fsp3) is 0.190. The number of anilines is 1. The fourth-order valence-electron chi connectivity index (χ4n) is 2.55. The third kappa shape index (κ3) is 6.82. The lowest BCUT2D eigenvalue weighted by Gasteiger charge is -2.13. The Bertz CT molecular complexity index is 1220. The quantitative estimate of drug-likeness (QED) is 0.478. The molecular formula is C21H22N4O4S3. The van der Waals surface area contributed by atoms with Gasteiger partial charge in [-0.25, -0.2) is 13.4 Å². The maximum atomic E-state index is 12.4. The average molecular weight is 491 g/mol. The Kier molecular flexibility index (Phi) is 7.91. The SMILES string of the molecule is CC(=O)NCc1ccc(-c2csc(NC(=O)CN(C)S(=O)(=O)C=Cc3ccccc3)n2)s1. The van der Waals surface area contributed by atoms with Crippen LogP contribution in [0, 0.1) is 0 Å². The van der Waals surface area contributed by atoms with Gasteiger partial charge in [-0.15, -0.1) is 22.7 Å². The third-order valence-electron chi connectivity index (χ3n) is 4.21. The summed E-state index contributed by atoms with van der Waals surface area (Å²) in [4.78, 5) is 29.7. The molecule has 0 atom stereocenters. The van der Waals surface area contributed by atoms with Crippen LogP contribution in [0.25, 0.3) is 16.6 Å². The number of amides is 2. The minimum absolute atomic E-state index is 0.0962. The third-order valence-corrected chi connectivity index (χ3v) is 7.55. The second kappa shape index (κ2) is 10.6. The predicted molar refractivity (Wildman–Crippen MR) is 129 cm³/mol. The lowest BCUT2D eigenvalue weighted by molar-refractivity contribution is -0.119. The van der Waals surface area contributed by atoms with E-state index < -0.39 is 15.9 Å². The molecule has 2 heterocycles. The Hall–Kier alpha value is -2.86. The molecular weight excluding hydrogens is 468 g/mol. The number of hydrogen-bond donors (Lipinski definition) is 2. The van der Waals surface area contributed by atoms with E-state index in [0.29, 0.717) is 17.4 Å². The van der Waals surface area contributed by atoms with Crippen molar-refractivity contribution in [2.24, 2.45) is 0 Å². The van der Waals surface area contributed by atoms with Crippen molar-refractivity contribution in [3.05, 3.63) is 63.7 Å². The Labute approximate surface area is 194 Å². The summed E-state index contributed by atoms with van der Waals surface area (Å²) >= 11 is 2.75. The number of sulfonamides is 1. The molecule has 32 heavy (non-hydrogen) atoms. The average Bonchev–Trinajstić information content (AvgIpc) is 3.41. The van der Waals surface area contributed by atoms with Gasteiger partial charge in [-0.3, -0.25) is 9.59 Å². The van der Waals surface area contributed by atoms with Crippen molar-refractivity contribution in [1.29, 1.82) is 0 Å². The van der Waals surface area contributed by atoms with E-state index in [2.05, 4.69) is 15.6 Å². The molecule has 3 rings (SSSR count). The summed E-state index contributed by atoms with van der Waals surface area (Å²) in [7, 11) is -2.40. The lowest BCUT2D eigenvalue weighted by atomic mass is 10.2. The summed E-state index contributed by atoms with van der Waals surface area (Å²) in [6.45, 7) is 1.58. The van der Waals surface area contributed by atoms with Gasteiger partial charge in [0.05, 0.1) is 23.7 Å². The topological polar surface area (TPSA) is 108 Å². The van der Waals surface area contributed by atoms with Crippen LogP contribution in [0.3, 0.4) is 0 Å². The van der Waals surface area contributed by atoms with E-state index >= 15 is 0 Å². The smallest absolute Gasteiger partial charge is 0.241 e. The molecule has 11 heteroatoms. The first-order chi connectivity index (χ1) is 15.2. The van der Waals surface area contributed by atoms with Crippen molar-refractivity contribution in [3.8, 4) is 10.6 Å². The first-order valence-corrected chi connectivity index (χ1v) is 12.7. The molecule has 3 aromatic rings. The standard InChI is InChI=1S/C21H22N4O4S3/c1-15(26)22-12-17-8-9-19(31-17)18-14-30-21(23-18)24-20(27)13-25(2)32(28,29)11-10-16-6-4-3-5-7-16/h3-11,14H,12-13H2,1-2H3,(H,22,26)(H,23,24,27). The molecule has 2 N–H and O–H groups in total. The first-order valence-electron chi connectivity index (χ1n) is 9.51. The lowest BCUT2D eigenvalue weighted by Crippen LogP contribution is -2.33. The maximum absolute atomic E-state index is 12.4. The number of hydrogen-bond acceptors (Lipinski definition) is 7. The molecule has 0 fully saturated rings. The van der Waals surface area contributed by atoms with Crippen LogP contribution in [0.1, 0.15) is 17.4 Å². The highest BCUT2D eigenvalue weighted by Gasteiger charge is 2.19. The minimum atomic E-state index is -3.75. The van der Waals surface area contributed by atoms with Crippen LogP contribution >= 0.6 is 22.7 Å². The van der Waals surface area contributed by atoms with E-state index in [1.807, 2.05) is 35.7 Å². The number of benzene rings is 1. The molecule has 0 saturated carbocycles. The van der Waals surface area contributed by atoms with Gasteiger partial charge in [-0.05, 0) is 23.8 Å². The van der Waals surface area contributed by atoms with Crippen LogP contribution < -0.4 is 10.6 Å². The van der Waals surface area contributed by atoms with Crippen LogP contribution in [0.4, 0.5) is 5.13 Å². The van der Waals surface area contributed by atoms with E-state index in [9.17, 15) is 18.0 Å². The van der Waals surface area contributed by atoms with E-state index in [1.54, 1.807) is 12.1 Å². The molecule has 1 aromatic carbocycles. The highest BCUT2D eigenvalue weighted by atomic mass is 32.2. The van der Waals surface area contributed by atoms with Crippen molar-refractivity contribution in [2.75, 3.05) is 18.9 Å². The zero-order valence-corrected chi connectivity index (χ0v) is 19.9. The highest BCUT2D eigenvalue weighted by Crippen LogP contribution is 2.30. The van der Waals surface area contributed by atoms with Crippen molar-refractivity contribution in [2.45, 2.75) is 13.5 Å². The molecule has 8 nitrogen and oxygen atoms in total. The second-order valence-electron chi connectivity index (χ2n) is 6.78. The largest absolute Gasteiger partial charge is 0.351 e. The maximum Gasteiger partial charge on any atom is 0.241 e. The van der Waals surface area contributed by atoms with E-state index in [0.717, 1.165) is 25.0 Å². The minimum Gasteiger partial charge on any atom is -0.351 e. The van der Waals surface area contributed by atoms with Crippen LogP contribution in [0.2, 0.25) is 0 Å². The Morgan fingerprint density at radius 3 is 2.62 bits per heavy atom. The van der Waals surface area contributed by atoms with Gasteiger partial charge in [0.1, 0.15) is 0 Å². The molecule has 0 radical (unpaired) electrons. The number of carbonyl (C=O) groups is 2. The van der Waals surface area contributed by atoms with Crippen LogP contribution in [0.5, 0.6) is 0 Å². The summed E-state index contributed by atoms with van der Waals surface area (Å²) in [5.74, 6) is -0.580.